The molecular formula is C35H36Br2Cl2F6N8O. The van der Waals surface area contributed by atoms with Crippen LogP contribution < -0.4 is 9.80 Å². The second kappa shape index (κ2) is 16.3. The van der Waals surface area contributed by atoms with Crippen molar-refractivity contribution in [1.82, 2.24) is 29.4 Å². The molecule has 0 spiro atoms. The van der Waals surface area contributed by atoms with Crippen molar-refractivity contribution < 1.29 is 31.1 Å². The van der Waals surface area contributed by atoms with E-state index in [1.165, 1.54) is 23.2 Å². The van der Waals surface area contributed by atoms with Crippen molar-refractivity contribution in [2.75, 3.05) is 62.2 Å². The van der Waals surface area contributed by atoms with Gasteiger partial charge in [0, 0.05) is 73.8 Å². The van der Waals surface area contributed by atoms with Crippen molar-refractivity contribution in [2.45, 2.75) is 51.4 Å². The molecule has 0 amide bonds. The van der Waals surface area contributed by atoms with E-state index in [0.717, 1.165) is 11.4 Å². The molecule has 2 aliphatic rings. The average molecular weight is 929 g/mol. The van der Waals surface area contributed by atoms with Crippen molar-refractivity contribution in [1.29, 1.82) is 0 Å². The third-order valence-corrected chi connectivity index (χ3v) is 12.4. The predicted octanol–water partition coefficient (Wildman–Crippen LogP) is 8.22. The number of halogens is 10. The Morgan fingerprint density at radius 3 is 1.22 bits per heavy atom. The largest absolute Gasteiger partial charge is 0.436 e. The first kappa shape index (κ1) is 40.8. The van der Waals surface area contributed by atoms with Gasteiger partial charge in [0.2, 0.25) is 0 Å². The molecular weight excluding hydrogens is 893 g/mol. The summed E-state index contributed by atoms with van der Waals surface area (Å²) in [5.41, 5.74) is 0.0283. The van der Waals surface area contributed by atoms with Gasteiger partial charge in [-0.25, -0.2) is 0 Å². The molecule has 2 aromatic carbocycles. The molecule has 19 heteroatoms. The highest BCUT2D eigenvalue weighted by atomic mass is 79.9. The summed E-state index contributed by atoms with van der Waals surface area (Å²) in [6.07, 6.45) is -9.49. The molecule has 2 unspecified atom stereocenters. The highest BCUT2D eigenvalue weighted by Crippen LogP contribution is 2.37. The van der Waals surface area contributed by atoms with E-state index in [9.17, 15) is 26.3 Å². The summed E-state index contributed by atoms with van der Waals surface area (Å²) in [7, 11) is 0. The average Bonchev–Trinajstić information content (AvgIpc) is 3.59. The first-order valence-corrected chi connectivity index (χ1v) is 19.4. The number of aromatic nitrogens is 4. The van der Waals surface area contributed by atoms with Crippen LogP contribution in [0.15, 0.2) is 57.5 Å². The number of alkyl halides is 6. The molecule has 0 radical (unpaired) electrons. The quantitative estimate of drug-likeness (QED) is 0.149. The van der Waals surface area contributed by atoms with E-state index in [0.29, 0.717) is 62.4 Å². The summed E-state index contributed by atoms with van der Waals surface area (Å²) in [4.78, 5) is 23.3. The Bertz CT molecular complexity index is 1800. The number of nitrogens with zero attached hydrogens (tertiary/aromatic N) is 8. The van der Waals surface area contributed by atoms with E-state index in [2.05, 4.69) is 51.9 Å². The minimum atomic E-state index is -4.74. The van der Waals surface area contributed by atoms with Gasteiger partial charge in [0.15, 0.2) is 17.2 Å². The normalized spacial score (nSPS) is 17.6. The van der Waals surface area contributed by atoms with Gasteiger partial charge >= 0.3 is 12.4 Å². The summed E-state index contributed by atoms with van der Waals surface area (Å²) in [6.45, 7) is 6.11. The third-order valence-electron chi connectivity index (χ3n) is 10.0. The molecule has 292 valence electrons. The van der Waals surface area contributed by atoms with Gasteiger partial charge in [-0.15, -0.1) is 0 Å². The lowest BCUT2D eigenvalue weighted by Gasteiger charge is -2.43. The Hall–Kier alpha value is -2.83. The summed E-state index contributed by atoms with van der Waals surface area (Å²) in [5, 5.41) is 8.96. The van der Waals surface area contributed by atoms with Gasteiger partial charge in [0.1, 0.15) is 0 Å². The summed E-state index contributed by atoms with van der Waals surface area (Å²) in [6, 6.07) is 12.7. The summed E-state index contributed by atoms with van der Waals surface area (Å²) < 4.78 is 85.7. The predicted molar refractivity (Wildman–Crippen MR) is 202 cm³/mol. The Kier molecular flexibility index (Phi) is 12.3. The van der Waals surface area contributed by atoms with Crippen molar-refractivity contribution in [3.05, 3.63) is 90.3 Å². The molecule has 9 nitrogen and oxygen atoms in total. The number of piperazine rings is 2. The Morgan fingerprint density at radius 2 is 0.944 bits per heavy atom. The van der Waals surface area contributed by atoms with Crippen LogP contribution in [0.3, 0.4) is 0 Å². The molecule has 2 aromatic heterocycles. The lowest BCUT2D eigenvalue weighted by Crippen LogP contribution is -2.61. The van der Waals surface area contributed by atoms with Crippen molar-refractivity contribution in [3.8, 4) is 0 Å². The first-order valence-electron chi connectivity index (χ1n) is 17.1. The lowest BCUT2D eigenvalue weighted by atomic mass is 9.99. The van der Waals surface area contributed by atoms with E-state index >= 15 is 4.79 Å². The molecule has 0 saturated carbocycles. The lowest BCUT2D eigenvalue weighted by molar-refractivity contribution is -0.142. The number of carbonyl (C=O) groups is 1. The molecule has 6 rings (SSSR count). The Balaban J connectivity index is 1.35. The molecule has 54 heavy (non-hydrogen) atoms. The maximum atomic E-state index is 15.1. The van der Waals surface area contributed by atoms with E-state index in [4.69, 9.17) is 23.2 Å². The molecule has 0 N–H and O–H groups in total. The van der Waals surface area contributed by atoms with E-state index in [1.54, 1.807) is 24.3 Å². The number of carbonyl (C=O) groups excluding carboxylic acids is 1. The van der Waals surface area contributed by atoms with Crippen LogP contribution in [0.5, 0.6) is 0 Å². The van der Waals surface area contributed by atoms with Crippen LogP contribution >= 0.6 is 55.1 Å². The molecule has 0 bridgehead atoms. The number of Topliss-reactive ketones (excluding diaryl/α,β-unsaturated/α-hetero) is 1. The monoisotopic (exact) mass is 926 g/mol. The van der Waals surface area contributed by atoms with Crippen LogP contribution in [0.2, 0.25) is 10.0 Å². The highest BCUT2D eigenvalue weighted by Gasteiger charge is 2.43. The van der Waals surface area contributed by atoms with Gasteiger partial charge in [-0.2, -0.15) is 36.5 Å². The number of rotatable bonds is 10. The maximum Gasteiger partial charge on any atom is 0.436 e. The molecule has 2 saturated heterocycles. The minimum absolute atomic E-state index is 0.190. The van der Waals surface area contributed by atoms with Gasteiger partial charge in [-0.1, -0.05) is 23.2 Å². The number of anilines is 2. The number of ketones is 1. The molecule has 2 aliphatic heterocycles. The van der Waals surface area contributed by atoms with Crippen molar-refractivity contribution >= 4 is 72.2 Å². The van der Waals surface area contributed by atoms with Crippen molar-refractivity contribution in [2.24, 2.45) is 0 Å². The summed E-state index contributed by atoms with van der Waals surface area (Å²) in [5.74, 6) is -0.353. The van der Waals surface area contributed by atoms with Crippen molar-refractivity contribution in [3.63, 3.8) is 0 Å². The molecule has 4 heterocycles. The van der Waals surface area contributed by atoms with Gasteiger partial charge in [0.05, 0.1) is 45.5 Å². The maximum absolute atomic E-state index is 15.1. The fraction of sp³-hybridized carbons (Fsp3) is 0.457. The van der Waals surface area contributed by atoms with E-state index in [1.807, 2.05) is 34.1 Å². The molecule has 2 atom stereocenters. The van der Waals surface area contributed by atoms with Gasteiger partial charge in [0.25, 0.3) is 0 Å². The van der Waals surface area contributed by atoms with E-state index < -0.39 is 35.8 Å². The van der Waals surface area contributed by atoms with Gasteiger partial charge in [-0.05, 0) is 94.2 Å². The van der Waals surface area contributed by atoms with Crippen LogP contribution in [0.25, 0.3) is 0 Å². The van der Waals surface area contributed by atoms with Gasteiger partial charge < -0.3 is 9.80 Å². The zero-order valence-electron chi connectivity index (χ0n) is 29.1. The van der Waals surface area contributed by atoms with Crippen LogP contribution in [-0.2, 0) is 30.2 Å². The molecule has 0 aliphatic carbocycles. The summed E-state index contributed by atoms with van der Waals surface area (Å²) >= 11 is 18.3. The number of hydrogen-bond donors (Lipinski definition) is 0. The number of hydrogen-bond acceptors (Lipinski definition) is 7. The van der Waals surface area contributed by atoms with Crippen LogP contribution in [0.1, 0.15) is 22.8 Å². The SMILES string of the molecule is Cc1c(Br)c(C(F)(F)F)nn1CC(C(=O)C(Cn1nc(C(F)(F)F)c(Br)c1C)N1CCN(c2ccc(Cl)cc2)CC1)N1CCN(c2ccc(Cl)cc2)CC1. The van der Waals surface area contributed by atoms with Crippen LogP contribution in [0.4, 0.5) is 37.7 Å². The standard InChI is InChI=1S/C35H36Br2Cl2F6N8O/c1-21-29(36)32(34(40,41)42)46-52(21)19-27(50-15-11-48(12-16-50)25-7-3-23(38)4-8-25)31(54)28(20-53-22(2)30(37)33(47-53)35(43,44)45)51-17-13-49(14-18-51)26-9-5-24(39)6-10-26/h3-10,27-28H,11-20H2,1-2H3. The van der Waals surface area contributed by atoms with Gasteiger partial charge in [-0.3, -0.25) is 24.0 Å². The smallest absolute Gasteiger partial charge is 0.369 e. The Labute approximate surface area is 335 Å². The zero-order chi connectivity index (χ0) is 39.1. The first-order chi connectivity index (χ1) is 25.4. The highest BCUT2D eigenvalue weighted by molar-refractivity contribution is 9.10. The second-order valence-corrected chi connectivity index (χ2v) is 15.7. The third kappa shape index (κ3) is 8.91. The fourth-order valence-electron chi connectivity index (χ4n) is 6.97. The number of benzene rings is 2. The Morgan fingerprint density at radius 1 is 0.630 bits per heavy atom. The second-order valence-electron chi connectivity index (χ2n) is 13.3. The van der Waals surface area contributed by atoms with Crippen LogP contribution in [-0.4, -0.2) is 99.6 Å². The topological polar surface area (TPSA) is 65.7 Å². The zero-order valence-corrected chi connectivity index (χ0v) is 33.8. The van der Waals surface area contributed by atoms with Crippen LogP contribution in [0, 0.1) is 13.8 Å². The molecule has 2 fully saturated rings. The van der Waals surface area contributed by atoms with E-state index in [-0.39, 0.29) is 39.2 Å². The fourth-order valence-corrected chi connectivity index (χ4v) is 8.24. The molecule has 4 aromatic rings. The minimum Gasteiger partial charge on any atom is -0.369 e.